The van der Waals surface area contributed by atoms with Gasteiger partial charge in [-0.2, -0.15) is 0 Å². The average molecular weight is 252 g/mol. The van der Waals surface area contributed by atoms with Crippen LogP contribution in [0.3, 0.4) is 0 Å². The summed E-state index contributed by atoms with van der Waals surface area (Å²) in [7, 11) is 0. The van der Waals surface area contributed by atoms with E-state index < -0.39 is 49.5 Å². The third-order valence-electron chi connectivity index (χ3n) is 2.88. The second-order valence-corrected chi connectivity index (χ2v) is 4.28. The summed E-state index contributed by atoms with van der Waals surface area (Å²) in [6.07, 6.45) is -7.90. The van der Waals surface area contributed by atoms with Crippen LogP contribution in [0.15, 0.2) is 0 Å². The Labute approximate surface area is 99.2 Å². The molecule has 0 radical (unpaired) electrons. The van der Waals surface area contributed by atoms with E-state index in [1.165, 1.54) is 6.92 Å². The molecule has 17 heavy (non-hydrogen) atoms. The van der Waals surface area contributed by atoms with Crippen molar-refractivity contribution in [2.75, 3.05) is 6.61 Å². The highest BCUT2D eigenvalue weighted by molar-refractivity contribution is 4.89. The van der Waals surface area contributed by atoms with Crippen molar-refractivity contribution in [3.05, 3.63) is 0 Å². The van der Waals surface area contributed by atoms with Crippen molar-refractivity contribution in [3.8, 4) is 0 Å². The number of rotatable bonds is 4. The van der Waals surface area contributed by atoms with E-state index in [1.54, 1.807) is 6.92 Å². The fourth-order valence-electron chi connectivity index (χ4n) is 1.51. The van der Waals surface area contributed by atoms with E-state index in [9.17, 15) is 20.4 Å². The Morgan fingerprint density at radius 2 is 1.71 bits per heavy atom. The molecular formula is C10H20O7. The quantitative estimate of drug-likeness (QED) is 0.377. The molecule has 0 aliphatic carbocycles. The van der Waals surface area contributed by atoms with Gasteiger partial charge < -0.3 is 35.0 Å². The number of aliphatic hydroxyl groups excluding tert-OH is 5. The lowest BCUT2D eigenvalue weighted by Crippen LogP contribution is -2.59. The number of aliphatic hydroxyl groups is 5. The maximum absolute atomic E-state index is 9.63. The van der Waals surface area contributed by atoms with Crippen molar-refractivity contribution in [2.24, 2.45) is 0 Å². The molecule has 0 bridgehead atoms. The van der Waals surface area contributed by atoms with Crippen LogP contribution in [0.1, 0.15) is 13.8 Å². The number of ether oxygens (including phenoxy) is 2. The predicted octanol–water partition coefficient (Wildman–Crippen LogP) is -2.43. The van der Waals surface area contributed by atoms with Gasteiger partial charge in [0.2, 0.25) is 0 Å². The molecule has 1 heterocycles. The molecule has 0 spiro atoms. The molecule has 1 rings (SSSR count). The first-order valence-corrected chi connectivity index (χ1v) is 5.52. The summed E-state index contributed by atoms with van der Waals surface area (Å²) < 4.78 is 10.3. The van der Waals surface area contributed by atoms with Crippen molar-refractivity contribution in [1.82, 2.24) is 0 Å². The van der Waals surface area contributed by atoms with Crippen LogP contribution in [0.25, 0.3) is 0 Å². The van der Waals surface area contributed by atoms with Gasteiger partial charge in [0.15, 0.2) is 6.29 Å². The molecule has 5 N–H and O–H groups in total. The van der Waals surface area contributed by atoms with Gasteiger partial charge in [-0.1, -0.05) is 0 Å². The van der Waals surface area contributed by atoms with Gasteiger partial charge in [0.1, 0.15) is 24.4 Å². The van der Waals surface area contributed by atoms with Crippen LogP contribution in [0.4, 0.5) is 0 Å². The van der Waals surface area contributed by atoms with Crippen molar-refractivity contribution in [2.45, 2.75) is 56.8 Å². The molecule has 1 aliphatic heterocycles. The first kappa shape index (κ1) is 14.8. The fourth-order valence-corrected chi connectivity index (χ4v) is 1.51. The normalized spacial score (nSPS) is 42.2. The van der Waals surface area contributed by atoms with Crippen molar-refractivity contribution in [1.29, 1.82) is 0 Å². The van der Waals surface area contributed by atoms with Gasteiger partial charge in [-0.3, -0.25) is 0 Å². The van der Waals surface area contributed by atoms with Gasteiger partial charge >= 0.3 is 0 Å². The summed E-state index contributed by atoms with van der Waals surface area (Å²) in [6.45, 7) is 2.58. The van der Waals surface area contributed by atoms with Crippen molar-refractivity contribution in [3.63, 3.8) is 0 Å². The first-order valence-electron chi connectivity index (χ1n) is 5.52. The summed E-state index contributed by atoms with van der Waals surface area (Å²) in [5, 5.41) is 46.8. The highest BCUT2D eigenvalue weighted by Crippen LogP contribution is 2.23. The van der Waals surface area contributed by atoms with Gasteiger partial charge in [-0.05, 0) is 13.8 Å². The van der Waals surface area contributed by atoms with Gasteiger partial charge in [0.25, 0.3) is 0 Å². The second kappa shape index (κ2) is 6.05. The van der Waals surface area contributed by atoms with Crippen molar-refractivity contribution >= 4 is 0 Å². The maximum atomic E-state index is 9.63. The lowest BCUT2D eigenvalue weighted by atomic mass is 9.99. The molecule has 1 fully saturated rings. The Hall–Kier alpha value is -0.280. The fraction of sp³-hybridized carbons (Fsp3) is 1.00. The van der Waals surface area contributed by atoms with E-state index in [-0.39, 0.29) is 0 Å². The summed E-state index contributed by atoms with van der Waals surface area (Å²) in [6, 6.07) is 0. The second-order valence-electron chi connectivity index (χ2n) is 4.28. The molecule has 1 saturated heterocycles. The third kappa shape index (κ3) is 3.35. The highest BCUT2D eigenvalue weighted by Gasteiger charge is 2.44. The largest absolute Gasteiger partial charge is 0.394 e. The van der Waals surface area contributed by atoms with Crippen LogP contribution in [0, 0.1) is 0 Å². The molecule has 2 unspecified atom stereocenters. The lowest BCUT2D eigenvalue weighted by molar-refractivity contribution is -0.314. The van der Waals surface area contributed by atoms with Gasteiger partial charge in [-0.25, -0.2) is 0 Å². The van der Waals surface area contributed by atoms with Crippen LogP contribution < -0.4 is 0 Å². The van der Waals surface area contributed by atoms with E-state index in [1.807, 2.05) is 0 Å². The van der Waals surface area contributed by atoms with E-state index in [0.29, 0.717) is 0 Å². The minimum atomic E-state index is -1.47. The molecule has 0 aromatic heterocycles. The minimum Gasteiger partial charge on any atom is -0.394 e. The molecule has 102 valence electrons. The third-order valence-corrected chi connectivity index (χ3v) is 2.88. The monoisotopic (exact) mass is 252 g/mol. The smallest absolute Gasteiger partial charge is 0.187 e. The molecule has 7 atom stereocenters. The topological polar surface area (TPSA) is 120 Å². The predicted molar refractivity (Wildman–Crippen MR) is 56.0 cm³/mol. The van der Waals surface area contributed by atoms with Crippen LogP contribution in [0.5, 0.6) is 0 Å². The minimum absolute atomic E-state index is 0.506. The van der Waals surface area contributed by atoms with Crippen molar-refractivity contribution < 1.29 is 35.0 Å². The lowest BCUT2D eigenvalue weighted by Gasteiger charge is -2.40. The van der Waals surface area contributed by atoms with E-state index in [4.69, 9.17) is 14.6 Å². The summed E-state index contributed by atoms with van der Waals surface area (Å²) in [5.74, 6) is 0. The van der Waals surface area contributed by atoms with Crippen LogP contribution in [0.2, 0.25) is 0 Å². The Balaban J connectivity index is 2.65. The SMILES string of the molecule is CC(O)C(C)O[C@@H]1O[C@H](CO)[C@@H](O)[C@H](O)[C@H]1O. The van der Waals surface area contributed by atoms with E-state index in [0.717, 1.165) is 0 Å². The number of hydrogen-bond acceptors (Lipinski definition) is 7. The molecule has 0 aromatic rings. The summed E-state index contributed by atoms with van der Waals surface area (Å²) >= 11 is 0. The average Bonchev–Trinajstić information content (AvgIpc) is 2.29. The molecule has 0 amide bonds. The molecule has 7 nitrogen and oxygen atoms in total. The Bertz CT molecular complexity index is 231. The van der Waals surface area contributed by atoms with E-state index >= 15 is 0 Å². The molecular weight excluding hydrogens is 232 g/mol. The van der Waals surface area contributed by atoms with E-state index in [2.05, 4.69) is 0 Å². The van der Waals surface area contributed by atoms with Crippen LogP contribution >= 0.6 is 0 Å². The Morgan fingerprint density at radius 3 is 2.18 bits per heavy atom. The highest BCUT2D eigenvalue weighted by atomic mass is 16.7. The molecule has 7 heteroatoms. The number of hydrogen-bond donors (Lipinski definition) is 5. The first-order chi connectivity index (χ1) is 7.88. The Kier molecular flexibility index (Phi) is 5.26. The van der Waals surface area contributed by atoms with Gasteiger partial charge in [-0.15, -0.1) is 0 Å². The molecule has 1 aliphatic rings. The molecule has 0 saturated carbocycles. The standard InChI is InChI=1S/C10H20O7/c1-4(12)5(2)16-10-9(15)8(14)7(13)6(3-11)17-10/h4-15H,3H2,1-2H3/t4?,5?,6-,7-,8+,9-,10-/m1/s1. The summed E-state index contributed by atoms with van der Waals surface area (Å²) in [4.78, 5) is 0. The van der Waals surface area contributed by atoms with Gasteiger partial charge in [0.05, 0.1) is 18.8 Å². The zero-order chi connectivity index (χ0) is 13.2. The molecule has 0 aromatic carbocycles. The Morgan fingerprint density at radius 1 is 1.12 bits per heavy atom. The zero-order valence-corrected chi connectivity index (χ0v) is 9.80. The van der Waals surface area contributed by atoms with Crippen LogP contribution in [-0.2, 0) is 9.47 Å². The maximum Gasteiger partial charge on any atom is 0.187 e. The van der Waals surface area contributed by atoms with Gasteiger partial charge in [0, 0.05) is 0 Å². The van der Waals surface area contributed by atoms with Crippen LogP contribution in [-0.4, -0.2) is 75.1 Å². The zero-order valence-electron chi connectivity index (χ0n) is 9.80. The summed E-state index contributed by atoms with van der Waals surface area (Å²) in [5.41, 5.74) is 0.